The van der Waals surface area contributed by atoms with Crippen molar-refractivity contribution in [2.24, 2.45) is 0 Å². The van der Waals surface area contributed by atoms with Gasteiger partial charge in [-0.15, -0.1) is 0 Å². The Morgan fingerprint density at radius 3 is 2.39 bits per heavy atom. The highest BCUT2D eigenvalue weighted by molar-refractivity contribution is 5.27. The lowest BCUT2D eigenvalue weighted by molar-refractivity contribution is -0.0498. The lowest BCUT2D eigenvalue weighted by atomic mass is 10.0. The molecule has 1 rings (SSSR count). The molecule has 102 valence electrons. The Hall–Kier alpha value is -1.20. The van der Waals surface area contributed by atoms with Crippen LogP contribution >= 0.6 is 0 Å². The van der Waals surface area contributed by atoms with Crippen molar-refractivity contribution >= 4 is 0 Å². The molecule has 0 saturated heterocycles. The number of nitrogens with one attached hydrogen (secondary N) is 1. The minimum Gasteiger partial charge on any atom is -0.435 e. The minimum absolute atomic E-state index is 0.126. The fraction of sp³-hybridized carbons (Fsp3) is 0.538. The molecule has 0 aliphatic carbocycles. The molecule has 0 amide bonds. The SMILES string of the molecule is CC(C)(CCO)NCc1ccc(OC(F)F)cc1. The smallest absolute Gasteiger partial charge is 0.387 e. The Labute approximate surface area is 106 Å². The van der Waals surface area contributed by atoms with Crippen LogP contribution in [0.25, 0.3) is 0 Å². The third kappa shape index (κ3) is 5.42. The molecule has 0 saturated carbocycles. The Morgan fingerprint density at radius 1 is 1.28 bits per heavy atom. The fourth-order valence-electron chi connectivity index (χ4n) is 1.50. The number of hydrogen-bond donors (Lipinski definition) is 2. The van der Waals surface area contributed by atoms with E-state index < -0.39 is 6.61 Å². The molecule has 18 heavy (non-hydrogen) atoms. The van der Waals surface area contributed by atoms with Gasteiger partial charge < -0.3 is 15.2 Å². The number of benzene rings is 1. The van der Waals surface area contributed by atoms with Crippen molar-refractivity contribution in [2.75, 3.05) is 6.61 Å². The van der Waals surface area contributed by atoms with Gasteiger partial charge in [0.1, 0.15) is 5.75 Å². The molecule has 0 fully saturated rings. The van der Waals surface area contributed by atoms with Gasteiger partial charge in [-0.05, 0) is 38.0 Å². The highest BCUT2D eigenvalue weighted by Gasteiger charge is 2.15. The lowest BCUT2D eigenvalue weighted by Crippen LogP contribution is -2.39. The first-order valence-corrected chi connectivity index (χ1v) is 5.82. The van der Waals surface area contributed by atoms with Gasteiger partial charge in [0.2, 0.25) is 0 Å². The highest BCUT2D eigenvalue weighted by atomic mass is 19.3. The van der Waals surface area contributed by atoms with Gasteiger partial charge in [0.25, 0.3) is 0 Å². The van der Waals surface area contributed by atoms with Crippen LogP contribution in [-0.4, -0.2) is 23.9 Å². The summed E-state index contributed by atoms with van der Waals surface area (Å²) in [5.74, 6) is 0.156. The predicted molar refractivity (Wildman–Crippen MR) is 65.7 cm³/mol. The molecule has 0 aliphatic heterocycles. The van der Waals surface area contributed by atoms with Gasteiger partial charge in [-0.1, -0.05) is 12.1 Å². The molecule has 1 aromatic carbocycles. The summed E-state index contributed by atoms with van der Waals surface area (Å²) in [7, 11) is 0. The van der Waals surface area contributed by atoms with Crippen LogP contribution in [0.1, 0.15) is 25.8 Å². The van der Waals surface area contributed by atoms with Crippen LogP contribution in [0.4, 0.5) is 8.78 Å². The average Bonchev–Trinajstić information content (AvgIpc) is 2.27. The zero-order chi connectivity index (χ0) is 13.6. The summed E-state index contributed by atoms with van der Waals surface area (Å²) in [6.07, 6.45) is 0.652. The van der Waals surface area contributed by atoms with E-state index in [0.717, 1.165) is 5.56 Å². The maximum Gasteiger partial charge on any atom is 0.387 e. The van der Waals surface area contributed by atoms with Crippen molar-refractivity contribution in [3.05, 3.63) is 29.8 Å². The molecule has 0 atom stereocenters. The van der Waals surface area contributed by atoms with E-state index in [0.29, 0.717) is 13.0 Å². The molecule has 5 heteroatoms. The van der Waals surface area contributed by atoms with Gasteiger partial charge in [-0.25, -0.2) is 0 Å². The number of aliphatic hydroxyl groups is 1. The Morgan fingerprint density at radius 2 is 1.89 bits per heavy atom. The number of alkyl halides is 2. The maximum atomic E-state index is 12.0. The highest BCUT2D eigenvalue weighted by Crippen LogP contribution is 2.16. The normalized spacial score (nSPS) is 11.9. The van der Waals surface area contributed by atoms with Crippen molar-refractivity contribution in [1.29, 1.82) is 0 Å². The first-order chi connectivity index (χ1) is 8.43. The quantitative estimate of drug-likeness (QED) is 0.790. The zero-order valence-electron chi connectivity index (χ0n) is 10.6. The van der Waals surface area contributed by atoms with Crippen LogP contribution in [0.2, 0.25) is 0 Å². The molecule has 0 aliphatic rings. The van der Waals surface area contributed by atoms with E-state index >= 15 is 0 Å². The molecule has 2 N–H and O–H groups in total. The van der Waals surface area contributed by atoms with E-state index in [4.69, 9.17) is 5.11 Å². The summed E-state index contributed by atoms with van der Waals surface area (Å²) in [4.78, 5) is 0. The average molecular weight is 259 g/mol. The number of halogens is 2. The third-order valence-corrected chi connectivity index (χ3v) is 2.66. The second-order valence-electron chi connectivity index (χ2n) is 4.73. The van der Waals surface area contributed by atoms with Crippen LogP contribution in [0.5, 0.6) is 5.75 Å². The number of aliphatic hydroxyl groups excluding tert-OH is 1. The molecular formula is C13H19F2NO2. The van der Waals surface area contributed by atoms with Crippen LogP contribution < -0.4 is 10.1 Å². The van der Waals surface area contributed by atoms with Crippen LogP contribution in [0.3, 0.4) is 0 Å². The second kappa shape index (κ2) is 6.66. The van der Waals surface area contributed by atoms with E-state index in [9.17, 15) is 8.78 Å². The third-order valence-electron chi connectivity index (χ3n) is 2.66. The first-order valence-electron chi connectivity index (χ1n) is 5.82. The van der Waals surface area contributed by atoms with Gasteiger partial charge in [0, 0.05) is 18.7 Å². The van der Waals surface area contributed by atoms with E-state index in [1.165, 1.54) is 12.1 Å². The molecule has 0 heterocycles. The topological polar surface area (TPSA) is 41.5 Å². The summed E-state index contributed by atoms with van der Waals surface area (Å²) in [6.45, 7) is 1.94. The summed E-state index contributed by atoms with van der Waals surface area (Å²) >= 11 is 0. The van der Waals surface area contributed by atoms with E-state index in [-0.39, 0.29) is 17.9 Å². The summed E-state index contributed by atoms with van der Waals surface area (Å²) in [5, 5.41) is 12.2. The van der Waals surface area contributed by atoms with Crippen molar-refractivity contribution in [1.82, 2.24) is 5.32 Å². The second-order valence-corrected chi connectivity index (χ2v) is 4.73. The standard InChI is InChI=1S/C13H19F2NO2/c1-13(2,7-8-17)16-9-10-3-5-11(6-4-10)18-12(14)15/h3-6,12,16-17H,7-9H2,1-2H3. The summed E-state index contributed by atoms with van der Waals surface area (Å²) in [5.41, 5.74) is 0.815. The van der Waals surface area contributed by atoms with E-state index in [2.05, 4.69) is 10.1 Å². The Kier molecular flexibility index (Phi) is 5.50. The Balaban J connectivity index is 2.48. The van der Waals surface area contributed by atoms with Gasteiger partial charge in [0.15, 0.2) is 0 Å². The molecule has 0 unspecified atom stereocenters. The van der Waals surface area contributed by atoms with Crippen molar-refractivity contribution in [3.63, 3.8) is 0 Å². The summed E-state index contributed by atoms with van der Waals surface area (Å²) < 4.78 is 28.2. The van der Waals surface area contributed by atoms with Crippen LogP contribution in [-0.2, 0) is 6.54 Å². The van der Waals surface area contributed by atoms with Crippen LogP contribution in [0, 0.1) is 0 Å². The van der Waals surface area contributed by atoms with Gasteiger partial charge >= 0.3 is 6.61 Å². The maximum absolute atomic E-state index is 12.0. The molecule has 1 aromatic rings. The fourth-order valence-corrected chi connectivity index (χ4v) is 1.50. The lowest BCUT2D eigenvalue weighted by Gasteiger charge is -2.25. The van der Waals surface area contributed by atoms with Crippen LogP contribution in [0.15, 0.2) is 24.3 Å². The van der Waals surface area contributed by atoms with E-state index in [1.807, 2.05) is 13.8 Å². The first kappa shape index (κ1) is 14.9. The molecule has 0 aromatic heterocycles. The van der Waals surface area contributed by atoms with Crippen molar-refractivity contribution in [2.45, 2.75) is 39.0 Å². The molecule has 0 radical (unpaired) electrons. The zero-order valence-corrected chi connectivity index (χ0v) is 10.6. The van der Waals surface area contributed by atoms with Crippen molar-refractivity contribution < 1.29 is 18.6 Å². The molecular weight excluding hydrogens is 240 g/mol. The predicted octanol–water partition coefficient (Wildman–Crippen LogP) is 2.54. The monoisotopic (exact) mass is 259 g/mol. The number of hydrogen-bond acceptors (Lipinski definition) is 3. The summed E-state index contributed by atoms with van der Waals surface area (Å²) in [6, 6.07) is 6.50. The number of ether oxygens (including phenoxy) is 1. The Bertz CT molecular complexity index is 353. The van der Waals surface area contributed by atoms with Gasteiger partial charge in [-0.3, -0.25) is 0 Å². The number of rotatable bonds is 7. The largest absolute Gasteiger partial charge is 0.435 e. The molecule has 0 spiro atoms. The van der Waals surface area contributed by atoms with Gasteiger partial charge in [0.05, 0.1) is 0 Å². The van der Waals surface area contributed by atoms with Crippen molar-refractivity contribution in [3.8, 4) is 5.75 Å². The van der Waals surface area contributed by atoms with Gasteiger partial charge in [-0.2, -0.15) is 8.78 Å². The molecule has 0 bridgehead atoms. The van der Waals surface area contributed by atoms with E-state index in [1.54, 1.807) is 12.1 Å². The minimum atomic E-state index is -2.79. The molecule has 3 nitrogen and oxygen atoms in total.